The lowest BCUT2D eigenvalue weighted by molar-refractivity contribution is 0.0475. The van der Waals surface area contributed by atoms with Crippen LogP contribution in [0.3, 0.4) is 0 Å². The zero-order valence-corrected chi connectivity index (χ0v) is 7.35. The number of rotatable bonds is 3. The van der Waals surface area contributed by atoms with E-state index in [4.69, 9.17) is 9.84 Å². The molecule has 0 aromatic carbocycles. The predicted octanol–water partition coefficient (Wildman–Crippen LogP) is 1.29. The van der Waals surface area contributed by atoms with Crippen molar-refractivity contribution in [2.75, 3.05) is 20.3 Å². The molecule has 0 spiro atoms. The summed E-state index contributed by atoms with van der Waals surface area (Å²) < 4.78 is 4.96. The Bertz CT molecular complexity index is 83.7. The summed E-state index contributed by atoms with van der Waals surface area (Å²) in [4.78, 5) is 0. The summed E-state index contributed by atoms with van der Waals surface area (Å²) in [6, 6.07) is 0. The fourth-order valence-corrected chi connectivity index (χ4v) is 0.778. The van der Waals surface area contributed by atoms with Crippen LogP contribution in [0.1, 0.15) is 20.8 Å². The van der Waals surface area contributed by atoms with E-state index < -0.39 is 0 Å². The van der Waals surface area contributed by atoms with Gasteiger partial charge >= 0.3 is 0 Å². The van der Waals surface area contributed by atoms with Gasteiger partial charge in [0.1, 0.15) is 0 Å². The Balaban J connectivity index is 3.81. The number of aliphatic hydroxyl groups is 1. The standard InChI is InChI=1S/C8H18O2/c1-8(2,3)7(5-9)6-10-4/h7,9H,5-6H2,1-4H3/t7-/m0/s1. The van der Waals surface area contributed by atoms with E-state index >= 15 is 0 Å². The molecule has 0 bridgehead atoms. The molecule has 10 heavy (non-hydrogen) atoms. The van der Waals surface area contributed by atoms with Crippen LogP contribution in [0.2, 0.25) is 0 Å². The van der Waals surface area contributed by atoms with Gasteiger partial charge in [0, 0.05) is 19.6 Å². The van der Waals surface area contributed by atoms with Gasteiger partial charge in [-0.2, -0.15) is 0 Å². The fourth-order valence-electron chi connectivity index (χ4n) is 0.778. The Morgan fingerprint density at radius 3 is 2.00 bits per heavy atom. The minimum atomic E-state index is 0.144. The zero-order valence-electron chi connectivity index (χ0n) is 7.35. The van der Waals surface area contributed by atoms with E-state index in [9.17, 15) is 0 Å². The smallest absolute Gasteiger partial charge is 0.0517 e. The molecule has 1 N–H and O–H groups in total. The molecule has 0 rings (SSSR count). The fraction of sp³-hybridized carbons (Fsp3) is 1.00. The molecule has 0 fully saturated rings. The van der Waals surface area contributed by atoms with Gasteiger partial charge in [0.15, 0.2) is 0 Å². The Morgan fingerprint density at radius 2 is 1.90 bits per heavy atom. The van der Waals surface area contributed by atoms with Crippen LogP contribution in [0, 0.1) is 11.3 Å². The second-order valence-corrected chi connectivity index (χ2v) is 3.70. The van der Waals surface area contributed by atoms with E-state index in [0.717, 1.165) is 0 Å². The van der Waals surface area contributed by atoms with E-state index in [2.05, 4.69) is 20.8 Å². The summed E-state index contributed by atoms with van der Waals surface area (Å²) in [5.74, 6) is 0.248. The lowest BCUT2D eigenvalue weighted by Crippen LogP contribution is -2.27. The van der Waals surface area contributed by atoms with Gasteiger partial charge in [0.2, 0.25) is 0 Å². The largest absolute Gasteiger partial charge is 0.396 e. The third-order valence-electron chi connectivity index (χ3n) is 1.81. The molecule has 2 heteroatoms. The lowest BCUT2D eigenvalue weighted by Gasteiger charge is -2.28. The van der Waals surface area contributed by atoms with Crippen molar-refractivity contribution in [3.8, 4) is 0 Å². The lowest BCUT2D eigenvalue weighted by atomic mass is 9.82. The van der Waals surface area contributed by atoms with Gasteiger partial charge in [-0.1, -0.05) is 20.8 Å². The van der Waals surface area contributed by atoms with Crippen LogP contribution in [0.15, 0.2) is 0 Å². The van der Waals surface area contributed by atoms with Crippen molar-refractivity contribution in [3.63, 3.8) is 0 Å². The molecule has 0 heterocycles. The SMILES string of the molecule is COC[C@H](CO)C(C)(C)C. The second kappa shape index (κ2) is 3.94. The molecular weight excluding hydrogens is 128 g/mol. The highest BCUT2D eigenvalue weighted by atomic mass is 16.5. The van der Waals surface area contributed by atoms with Crippen LogP contribution in [0.5, 0.6) is 0 Å². The van der Waals surface area contributed by atoms with Crippen LogP contribution in [-0.4, -0.2) is 25.4 Å². The number of aliphatic hydroxyl groups excluding tert-OH is 1. The monoisotopic (exact) mass is 146 g/mol. The van der Waals surface area contributed by atoms with Crippen LogP contribution in [0.4, 0.5) is 0 Å². The minimum absolute atomic E-state index is 0.144. The number of methoxy groups -OCH3 is 1. The first-order chi connectivity index (χ1) is 4.52. The highest BCUT2D eigenvalue weighted by Crippen LogP contribution is 2.25. The first-order valence-electron chi connectivity index (χ1n) is 3.62. The molecule has 0 aliphatic rings. The maximum absolute atomic E-state index is 8.91. The third kappa shape index (κ3) is 3.18. The highest BCUT2D eigenvalue weighted by molar-refractivity contribution is 4.72. The van der Waals surface area contributed by atoms with E-state index in [1.807, 2.05) is 0 Å². The average Bonchev–Trinajstić information content (AvgIpc) is 1.80. The normalized spacial score (nSPS) is 15.3. The molecule has 0 aromatic rings. The second-order valence-electron chi connectivity index (χ2n) is 3.70. The first-order valence-corrected chi connectivity index (χ1v) is 3.62. The predicted molar refractivity (Wildman–Crippen MR) is 41.9 cm³/mol. The average molecular weight is 146 g/mol. The highest BCUT2D eigenvalue weighted by Gasteiger charge is 2.23. The first kappa shape index (κ1) is 9.92. The summed E-state index contributed by atoms with van der Waals surface area (Å²) in [6.45, 7) is 7.16. The maximum atomic E-state index is 8.91. The third-order valence-corrected chi connectivity index (χ3v) is 1.81. The molecule has 1 atom stereocenters. The molecule has 0 radical (unpaired) electrons. The molecule has 0 aliphatic carbocycles. The summed E-state index contributed by atoms with van der Waals surface area (Å²) >= 11 is 0. The molecule has 0 saturated heterocycles. The Hall–Kier alpha value is -0.0800. The molecule has 0 unspecified atom stereocenters. The quantitative estimate of drug-likeness (QED) is 0.650. The molecule has 62 valence electrons. The number of ether oxygens (including phenoxy) is 1. The van der Waals surface area contributed by atoms with Crippen molar-refractivity contribution in [1.82, 2.24) is 0 Å². The maximum Gasteiger partial charge on any atom is 0.0517 e. The Kier molecular flexibility index (Phi) is 3.91. The van der Waals surface area contributed by atoms with Crippen molar-refractivity contribution in [3.05, 3.63) is 0 Å². The van der Waals surface area contributed by atoms with Gasteiger partial charge in [0.25, 0.3) is 0 Å². The van der Waals surface area contributed by atoms with Gasteiger partial charge in [-0.25, -0.2) is 0 Å². The van der Waals surface area contributed by atoms with Crippen LogP contribution >= 0.6 is 0 Å². The van der Waals surface area contributed by atoms with Crippen LogP contribution in [-0.2, 0) is 4.74 Å². The van der Waals surface area contributed by atoms with Crippen molar-refractivity contribution in [2.45, 2.75) is 20.8 Å². The van der Waals surface area contributed by atoms with Gasteiger partial charge in [-0.15, -0.1) is 0 Å². The summed E-state index contributed by atoms with van der Waals surface area (Å²) in [7, 11) is 1.66. The van der Waals surface area contributed by atoms with E-state index in [1.165, 1.54) is 0 Å². The summed E-state index contributed by atoms with van der Waals surface area (Å²) in [5, 5.41) is 8.91. The van der Waals surface area contributed by atoms with Gasteiger partial charge in [0.05, 0.1) is 6.61 Å². The Morgan fingerprint density at radius 1 is 1.40 bits per heavy atom. The topological polar surface area (TPSA) is 29.5 Å². The molecule has 0 saturated carbocycles. The summed E-state index contributed by atoms with van der Waals surface area (Å²) in [5.41, 5.74) is 0.144. The number of hydrogen-bond acceptors (Lipinski definition) is 2. The van der Waals surface area contributed by atoms with Gasteiger partial charge in [-0.05, 0) is 5.41 Å². The molecule has 0 aromatic heterocycles. The molecule has 2 nitrogen and oxygen atoms in total. The van der Waals surface area contributed by atoms with E-state index in [1.54, 1.807) is 7.11 Å². The van der Waals surface area contributed by atoms with Crippen molar-refractivity contribution >= 4 is 0 Å². The van der Waals surface area contributed by atoms with Crippen LogP contribution in [0.25, 0.3) is 0 Å². The summed E-state index contributed by atoms with van der Waals surface area (Å²) in [6.07, 6.45) is 0. The zero-order chi connectivity index (χ0) is 8.20. The van der Waals surface area contributed by atoms with Crippen molar-refractivity contribution < 1.29 is 9.84 Å². The number of hydrogen-bond donors (Lipinski definition) is 1. The van der Waals surface area contributed by atoms with E-state index in [-0.39, 0.29) is 17.9 Å². The van der Waals surface area contributed by atoms with E-state index in [0.29, 0.717) is 6.61 Å². The van der Waals surface area contributed by atoms with Crippen molar-refractivity contribution in [2.24, 2.45) is 11.3 Å². The minimum Gasteiger partial charge on any atom is -0.396 e. The van der Waals surface area contributed by atoms with Crippen molar-refractivity contribution in [1.29, 1.82) is 0 Å². The van der Waals surface area contributed by atoms with Gasteiger partial charge in [-0.3, -0.25) is 0 Å². The van der Waals surface area contributed by atoms with Gasteiger partial charge < -0.3 is 9.84 Å². The molecule has 0 amide bonds. The molecule has 0 aliphatic heterocycles. The molecular formula is C8H18O2. The Labute approximate surface area is 63.2 Å². The van der Waals surface area contributed by atoms with Crippen LogP contribution < -0.4 is 0 Å².